The molecule has 0 radical (unpaired) electrons. The summed E-state index contributed by atoms with van der Waals surface area (Å²) in [5, 5.41) is 21.0. The van der Waals surface area contributed by atoms with Gasteiger partial charge in [-0.05, 0) is 24.9 Å². The fourth-order valence-corrected chi connectivity index (χ4v) is 1.22. The zero-order valence-corrected chi connectivity index (χ0v) is 12.6. The second-order valence-electron chi connectivity index (χ2n) is 3.37. The van der Waals surface area contributed by atoms with Crippen molar-refractivity contribution in [3.63, 3.8) is 0 Å². The Hall–Kier alpha value is -1.01. The molecule has 0 spiro atoms. The molecule has 112 valence electrons. The number of nitrogens with one attached hydrogen (secondary N) is 1. The first-order chi connectivity index (χ1) is 8.65. The van der Waals surface area contributed by atoms with E-state index in [1.807, 2.05) is 13.8 Å². The Bertz CT molecular complexity index is 373. The summed E-state index contributed by atoms with van der Waals surface area (Å²) in [7, 11) is 0. The monoisotopic (exact) mass is 360 g/mol. The Morgan fingerprint density at radius 2 is 2.00 bits per heavy atom. The summed E-state index contributed by atoms with van der Waals surface area (Å²) < 4.78 is 0. The third-order valence-corrected chi connectivity index (χ3v) is 2.05. The van der Waals surface area contributed by atoms with Crippen LogP contribution in [0.25, 0.3) is 0 Å². The molecule has 0 unspecified atom stereocenters. The number of carbonyl (C=O) groups excluding carboxylic acids is 1. The van der Waals surface area contributed by atoms with Crippen molar-refractivity contribution >= 4 is 5.91 Å². The maximum Gasteiger partial charge on any atom is 1.00 e. The quantitative estimate of drug-likeness (QED) is 0.362. The van der Waals surface area contributed by atoms with E-state index >= 15 is 0 Å². The number of benzene rings is 1. The van der Waals surface area contributed by atoms with Crippen LogP contribution in [0.5, 0.6) is 11.5 Å². The van der Waals surface area contributed by atoms with E-state index in [9.17, 15) is 9.90 Å². The summed E-state index contributed by atoms with van der Waals surface area (Å²) in [5.41, 5.74) is 5.34. The SMILES string of the molecule is CC.NCCCCNC(=O)c1[c-]cc(O)cc1O.[Ag+]. The van der Waals surface area contributed by atoms with Gasteiger partial charge in [-0.15, -0.1) is 12.1 Å². The molecule has 1 aromatic rings. The summed E-state index contributed by atoms with van der Waals surface area (Å²) in [6, 6.07) is 4.84. The minimum Gasteiger partial charge on any atom is -0.551 e. The van der Waals surface area contributed by atoms with Gasteiger partial charge in [0.25, 0.3) is 0 Å². The molecule has 1 aromatic carbocycles. The standard InChI is InChI=1S/C11H15N2O3.C2H6.Ag/c12-5-1-2-6-13-11(16)9-4-3-8(14)7-10(9)15;1-2;/h3,7,14-15H,1-2,5-6,12H2,(H,13,16);1-2H3;/q-1;;+1. The van der Waals surface area contributed by atoms with Crippen LogP contribution in [-0.2, 0) is 22.4 Å². The summed E-state index contributed by atoms with van der Waals surface area (Å²) >= 11 is 0. The van der Waals surface area contributed by atoms with E-state index in [0.29, 0.717) is 13.1 Å². The molecule has 5 nitrogen and oxygen atoms in total. The molecule has 0 bridgehead atoms. The normalized spacial score (nSPS) is 8.79. The number of hydrogen-bond donors (Lipinski definition) is 4. The number of nitrogens with two attached hydrogens (primary N) is 1. The van der Waals surface area contributed by atoms with Gasteiger partial charge in [0.15, 0.2) is 5.91 Å². The number of phenolic OH excluding ortho intramolecular Hbond substituents is 2. The van der Waals surface area contributed by atoms with Crippen molar-refractivity contribution in [3.05, 3.63) is 23.8 Å². The number of rotatable bonds is 5. The summed E-state index contributed by atoms with van der Waals surface area (Å²) in [4.78, 5) is 11.5. The molecule has 1 rings (SSSR count). The van der Waals surface area contributed by atoms with Crippen LogP contribution < -0.4 is 11.1 Å². The van der Waals surface area contributed by atoms with E-state index in [4.69, 9.17) is 10.8 Å². The molecule has 0 atom stereocenters. The van der Waals surface area contributed by atoms with E-state index < -0.39 is 5.91 Å². The average molecular weight is 361 g/mol. The van der Waals surface area contributed by atoms with Gasteiger partial charge in [-0.25, -0.2) is 0 Å². The van der Waals surface area contributed by atoms with Gasteiger partial charge in [-0.2, -0.15) is 0 Å². The van der Waals surface area contributed by atoms with E-state index in [1.165, 1.54) is 6.07 Å². The number of hydrogen-bond acceptors (Lipinski definition) is 4. The van der Waals surface area contributed by atoms with Gasteiger partial charge in [0, 0.05) is 18.0 Å². The number of carbonyl (C=O) groups is 1. The van der Waals surface area contributed by atoms with Gasteiger partial charge >= 0.3 is 22.4 Å². The van der Waals surface area contributed by atoms with E-state index in [1.54, 1.807) is 0 Å². The van der Waals surface area contributed by atoms with Gasteiger partial charge < -0.3 is 26.1 Å². The van der Waals surface area contributed by atoms with Crippen molar-refractivity contribution in [2.24, 2.45) is 5.73 Å². The van der Waals surface area contributed by atoms with Crippen LogP contribution in [-0.4, -0.2) is 29.2 Å². The maximum absolute atomic E-state index is 11.5. The first-order valence-electron chi connectivity index (χ1n) is 6.07. The third kappa shape index (κ3) is 7.90. The van der Waals surface area contributed by atoms with Crippen molar-refractivity contribution in [2.75, 3.05) is 13.1 Å². The van der Waals surface area contributed by atoms with E-state index in [2.05, 4.69) is 11.4 Å². The zero-order valence-electron chi connectivity index (χ0n) is 11.2. The van der Waals surface area contributed by atoms with Crippen LogP contribution in [0.2, 0.25) is 0 Å². The molecule has 0 aliphatic heterocycles. The molecule has 5 N–H and O–H groups in total. The van der Waals surface area contributed by atoms with Crippen LogP contribution in [0.1, 0.15) is 37.0 Å². The Balaban J connectivity index is 0. The summed E-state index contributed by atoms with van der Waals surface area (Å²) in [6.07, 6.45) is 1.63. The molecule has 0 fully saturated rings. The summed E-state index contributed by atoms with van der Waals surface area (Å²) in [5.74, 6) is -0.817. The Morgan fingerprint density at radius 1 is 1.37 bits per heavy atom. The molecule has 19 heavy (non-hydrogen) atoms. The Kier molecular flexibility index (Phi) is 12.9. The number of aromatic hydroxyl groups is 2. The van der Waals surface area contributed by atoms with Crippen molar-refractivity contribution in [1.82, 2.24) is 5.32 Å². The van der Waals surface area contributed by atoms with Crippen LogP contribution in [0.4, 0.5) is 0 Å². The molecule has 0 aromatic heterocycles. The minimum absolute atomic E-state index is 0. The molecule has 0 aliphatic carbocycles. The average Bonchev–Trinajstić information content (AvgIpc) is 2.37. The first-order valence-corrected chi connectivity index (χ1v) is 6.07. The molecule has 6 heteroatoms. The predicted octanol–water partition coefficient (Wildman–Crippen LogP) is 1.39. The first kappa shape index (κ1) is 20.3. The maximum atomic E-state index is 11.5. The number of amides is 1. The fourth-order valence-electron chi connectivity index (χ4n) is 1.22. The van der Waals surface area contributed by atoms with Gasteiger partial charge in [-0.3, -0.25) is 0 Å². The van der Waals surface area contributed by atoms with Gasteiger partial charge in [0.1, 0.15) is 0 Å². The second-order valence-corrected chi connectivity index (χ2v) is 3.37. The van der Waals surface area contributed by atoms with Crippen LogP contribution >= 0.6 is 0 Å². The van der Waals surface area contributed by atoms with Gasteiger partial charge in [-0.1, -0.05) is 19.9 Å². The number of unbranched alkanes of at least 4 members (excludes halogenated alkanes) is 1. The topological polar surface area (TPSA) is 95.6 Å². The van der Waals surface area contributed by atoms with E-state index in [0.717, 1.165) is 18.9 Å². The zero-order chi connectivity index (χ0) is 14.0. The molecular formula is C13H21AgN2O3. The second kappa shape index (κ2) is 12.0. The molecule has 0 heterocycles. The van der Waals surface area contributed by atoms with Crippen LogP contribution in [0.15, 0.2) is 12.1 Å². The largest absolute Gasteiger partial charge is 1.00 e. The third-order valence-electron chi connectivity index (χ3n) is 2.05. The molecule has 1 amide bonds. The molecule has 0 saturated carbocycles. The fraction of sp³-hybridized carbons (Fsp3) is 0.462. The number of phenols is 2. The van der Waals surface area contributed by atoms with Gasteiger partial charge in [0.2, 0.25) is 0 Å². The Labute approximate surface area is 129 Å². The molecule has 0 saturated heterocycles. The Morgan fingerprint density at radius 3 is 2.53 bits per heavy atom. The summed E-state index contributed by atoms with van der Waals surface area (Å²) in [6.45, 7) is 5.09. The smallest absolute Gasteiger partial charge is 0.551 e. The van der Waals surface area contributed by atoms with Crippen molar-refractivity contribution in [3.8, 4) is 11.5 Å². The molecular weight excluding hydrogens is 340 g/mol. The minimum atomic E-state index is -0.408. The van der Waals surface area contributed by atoms with Crippen molar-refractivity contribution in [2.45, 2.75) is 26.7 Å². The van der Waals surface area contributed by atoms with Gasteiger partial charge in [0.05, 0.1) is 0 Å². The van der Waals surface area contributed by atoms with Crippen molar-refractivity contribution in [1.29, 1.82) is 0 Å². The molecule has 0 aliphatic rings. The van der Waals surface area contributed by atoms with Crippen LogP contribution in [0, 0.1) is 6.07 Å². The van der Waals surface area contributed by atoms with E-state index in [-0.39, 0.29) is 39.4 Å². The van der Waals surface area contributed by atoms with Crippen LogP contribution in [0.3, 0.4) is 0 Å². The predicted molar refractivity (Wildman–Crippen MR) is 70.6 cm³/mol. The van der Waals surface area contributed by atoms with Crippen molar-refractivity contribution < 1.29 is 37.4 Å².